The van der Waals surface area contributed by atoms with E-state index in [1.54, 1.807) is 18.2 Å². The van der Waals surface area contributed by atoms with Crippen LogP contribution in [0.2, 0.25) is 0 Å². The molecule has 26 heavy (non-hydrogen) atoms. The van der Waals surface area contributed by atoms with Crippen LogP contribution in [-0.4, -0.2) is 38.7 Å². The predicted octanol–water partition coefficient (Wildman–Crippen LogP) is 3.35. The fraction of sp³-hybridized carbons (Fsp3) is 0.556. The molecule has 0 radical (unpaired) electrons. The van der Waals surface area contributed by atoms with Crippen LogP contribution in [0.15, 0.2) is 29.4 Å². The van der Waals surface area contributed by atoms with Gasteiger partial charge in [0.1, 0.15) is 5.75 Å². The third kappa shape index (κ3) is 3.18. The zero-order chi connectivity index (χ0) is 18.9. The molecule has 1 heterocycles. The van der Waals surface area contributed by atoms with Gasteiger partial charge in [0.2, 0.25) is 5.91 Å². The maximum atomic E-state index is 13.7. The molecule has 2 aliphatic rings. The van der Waals surface area contributed by atoms with Crippen molar-refractivity contribution >= 4 is 11.6 Å². The number of fused-ring (bicyclic) bond motifs is 1. The number of phenolic OH excluding ortho intramolecular Hbond substituents is 1. The van der Waals surface area contributed by atoms with Crippen molar-refractivity contribution in [1.82, 2.24) is 5.01 Å². The van der Waals surface area contributed by atoms with Gasteiger partial charge < -0.3 is 10.2 Å². The minimum absolute atomic E-state index is 0.0238. The number of aliphatic hydroxyl groups is 1. The van der Waals surface area contributed by atoms with Crippen LogP contribution in [0.1, 0.15) is 44.1 Å². The summed E-state index contributed by atoms with van der Waals surface area (Å²) in [6.45, 7) is 0. The lowest BCUT2D eigenvalue weighted by Gasteiger charge is -2.37. The third-order valence-electron chi connectivity index (χ3n) is 5.12. The summed E-state index contributed by atoms with van der Waals surface area (Å²) < 4.78 is 41.2. The summed E-state index contributed by atoms with van der Waals surface area (Å²) in [5, 5.41) is 24.4. The first kappa shape index (κ1) is 18.7. The van der Waals surface area contributed by atoms with Crippen LogP contribution in [0.4, 0.5) is 13.2 Å². The van der Waals surface area contributed by atoms with Crippen molar-refractivity contribution in [3.8, 4) is 5.75 Å². The number of aryl methyl sites for hydroxylation is 1. The van der Waals surface area contributed by atoms with Gasteiger partial charge in [0.25, 0.3) is 5.72 Å². The Morgan fingerprint density at radius 2 is 2.00 bits per heavy atom. The lowest BCUT2D eigenvalue weighted by molar-refractivity contribution is -0.316. The molecule has 1 aliphatic heterocycles. The summed E-state index contributed by atoms with van der Waals surface area (Å²) in [5.74, 6) is -2.14. The van der Waals surface area contributed by atoms with Gasteiger partial charge in [0.05, 0.1) is 5.92 Å². The highest BCUT2D eigenvalue weighted by molar-refractivity contribution is 5.93. The van der Waals surface area contributed by atoms with Gasteiger partial charge in [-0.2, -0.15) is 23.3 Å². The van der Waals surface area contributed by atoms with Crippen LogP contribution >= 0.6 is 0 Å². The summed E-state index contributed by atoms with van der Waals surface area (Å²) >= 11 is 0. The van der Waals surface area contributed by atoms with E-state index in [1.165, 1.54) is 6.07 Å². The van der Waals surface area contributed by atoms with Gasteiger partial charge in [-0.1, -0.05) is 31.0 Å². The van der Waals surface area contributed by atoms with E-state index in [0.717, 1.165) is 6.42 Å². The van der Waals surface area contributed by atoms with Gasteiger partial charge in [-0.3, -0.25) is 4.79 Å². The molecule has 1 aromatic rings. The highest BCUT2D eigenvalue weighted by atomic mass is 19.4. The number of benzene rings is 1. The van der Waals surface area contributed by atoms with Crippen molar-refractivity contribution in [1.29, 1.82) is 0 Å². The molecule has 1 fully saturated rings. The van der Waals surface area contributed by atoms with Crippen molar-refractivity contribution in [3.63, 3.8) is 0 Å². The second kappa shape index (κ2) is 6.90. The highest BCUT2D eigenvalue weighted by Crippen LogP contribution is 2.47. The van der Waals surface area contributed by atoms with E-state index in [1.807, 2.05) is 0 Å². The number of nitrogens with zero attached hydrogens (tertiary/aromatic N) is 2. The van der Waals surface area contributed by atoms with E-state index in [2.05, 4.69) is 5.10 Å². The van der Waals surface area contributed by atoms with Crippen LogP contribution in [0, 0.1) is 5.92 Å². The van der Waals surface area contributed by atoms with E-state index in [4.69, 9.17) is 0 Å². The number of rotatable bonds is 3. The summed E-state index contributed by atoms with van der Waals surface area (Å²) in [6, 6.07) is 6.32. The van der Waals surface area contributed by atoms with Gasteiger partial charge >= 0.3 is 6.18 Å². The Morgan fingerprint density at radius 1 is 1.27 bits per heavy atom. The van der Waals surface area contributed by atoms with Gasteiger partial charge in [-0.15, -0.1) is 0 Å². The number of alkyl halides is 3. The van der Waals surface area contributed by atoms with E-state index >= 15 is 0 Å². The lowest BCUT2D eigenvalue weighted by atomic mass is 9.87. The molecular formula is C18H21F3N2O3. The fourth-order valence-electron chi connectivity index (χ4n) is 3.71. The minimum atomic E-state index is -5.00. The molecule has 0 aromatic heterocycles. The zero-order valence-electron chi connectivity index (χ0n) is 14.2. The number of halogens is 3. The molecule has 0 bridgehead atoms. The minimum Gasteiger partial charge on any atom is -0.508 e. The summed E-state index contributed by atoms with van der Waals surface area (Å²) in [7, 11) is 0. The molecule has 8 heteroatoms. The van der Waals surface area contributed by atoms with E-state index < -0.39 is 23.7 Å². The van der Waals surface area contributed by atoms with Crippen LogP contribution < -0.4 is 0 Å². The maximum Gasteiger partial charge on any atom is 0.439 e. The standard InChI is InChI=1S/C18H21F3N2O3/c19-18(20,21)17(26)13-7-2-1-3-8-14(13)22-23(17)16(25)11-10-12-6-4-5-9-15(12)24/h4-6,9,13,24,26H,1-3,7-8,10-11H2/t13-,17-/m1/s1. The van der Waals surface area contributed by atoms with Crippen LogP contribution in [0.5, 0.6) is 5.75 Å². The first-order chi connectivity index (χ1) is 12.2. The molecule has 3 rings (SSSR count). The maximum absolute atomic E-state index is 13.7. The molecule has 1 aromatic carbocycles. The number of aromatic hydroxyl groups is 1. The summed E-state index contributed by atoms with van der Waals surface area (Å²) in [4.78, 5) is 12.5. The Bertz CT molecular complexity index is 720. The molecule has 0 unspecified atom stereocenters. The van der Waals surface area contributed by atoms with E-state index in [-0.39, 0.29) is 35.7 Å². The number of para-hydroxylation sites is 1. The highest BCUT2D eigenvalue weighted by Gasteiger charge is 2.67. The first-order valence-electron chi connectivity index (χ1n) is 8.71. The molecular weight excluding hydrogens is 349 g/mol. The van der Waals surface area contributed by atoms with Gasteiger partial charge in [0.15, 0.2) is 0 Å². The second-order valence-electron chi connectivity index (χ2n) is 6.80. The van der Waals surface area contributed by atoms with Crippen molar-refractivity contribution in [2.75, 3.05) is 0 Å². The smallest absolute Gasteiger partial charge is 0.439 e. The quantitative estimate of drug-likeness (QED) is 0.857. The van der Waals surface area contributed by atoms with Crippen LogP contribution in [-0.2, 0) is 11.2 Å². The average molecular weight is 370 g/mol. The van der Waals surface area contributed by atoms with Gasteiger partial charge in [-0.05, 0) is 37.3 Å². The monoisotopic (exact) mass is 370 g/mol. The molecule has 142 valence electrons. The Balaban J connectivity index is 1.84. The summed E-state index contributed by atoms with van der Waals surface area (Å²) in [5.41, 5.74) is -2.58. The topological polar surface area (TPSA) is 73.1 Å². The Labute approximate surface area is 149 Å². The predicted molar refractivity (Wildman–Crippen MR) is 88.3 cm³/mol. The van der Waals surface area contributed by atoms with Gasteiger partial charge in [-0.25, -0.2) is 0 Å². The molecule has 2 atom stereocenters. The van der Waals surface area contributed by atoms with E-state index in [9.17, 15) is 28.2 Å². The van der Waals surface area contributed by atoms with Gasteiger partial charge in [0, 0.05) is 12.1 Å². The third-order valence-corrected chi connectivity index (χ3v) is 5.12. The van der Waals surface area contributed by atoms with Crippen molar-refractivity contribution in [2.45, 2.75) is 56.8 Å². The largest absolute Gasteiger partial charge is 0.508 e. The summed E-state index contributed by atoms with van der Waals surface area (Å²) in [6.07, 6.45) is -2.69. The molecule has 5 nitrogen and oxygen atoms in total. The fourth-order valence-corrected chi connectivity index (χ4v) is 3.71. The normalized spacial score (nSPS) is 26.2. The van der Waals surface area contributed by atoms with Crippen molar-refractivity contribution in [3.05, 3.63) is 29.8 Å². The number of phenols is 1. The Kier molecular flexibility index (Phi) is 4.96. The number of hydrazone groups is 1. The van der Waals surface area contributed by atoms with Crippen molar-refractivity contribution < 1.29 is 28.2 Å². The molecule has 0 saturated heterocycles. The SMILES string of the molecule is O=C(CCc1ccccc1O)N1N=C2CCCCC[C@H]2[C@@]1(O)C(F)(F)F. The number of carbonyl (C=O) groups excluding carboxylic acids is 1. The number of hydrogen-bond acceptors (Lipinski definition) is 4. The number of hydrogen-bond donors (Lipinski definition) is 2. The van der Waals surface area contributed by atoms with Crippen LogP contribution in [0.25, 0.3) is 0 Å². The lowest BCUT2D eigenvalue weighted by Crippen LogP contribution is -2.61. The first-order valence-corrected chi connectivity index (χ1v) is 8.71. The van der Waals surface area contributed by atoms with Crippen LogP contribution in [0.3, 0.4) is 0 Å². The molecule has 2 N–H and O–H groups in total. The second-order valence-corrected chi connectivity index (χ2v) is 6.80. The Morgan fingerprint density at radius 3 is 2.69 bits per heavy atom. The Hall–Kier alpha value is -2.09. The molecule has 1 saturated carbocycles. The zero-order valence-corrected chi connectivity index (χ0v) is 14.2. The van der Waals surface area contributed by atoms with Crippen molar-refractivity contribution in [2.24, 2.45) is 11.0 Å². The molecule has 0 spiro atoms. The molecule has 1 amide bonds. The van der Waals surface area contributed by atoms with E-state index in [0.29, 0.717) is 24.8 Å². The average Bonchev–Trinajstić information content (AvgIpc) is 2.73. The number of amides is 1. The number of carbonyl (C=O) groups is 1. The molecule has 1 aliphatic carbocycles.